The molecule has 2 rings (SSSR count). The lowest BCUT2D eigenvalue weighted by Crippen LogP contribution is -2.54. The minimum absolute atomic E-state index is 0.221. The van der Waals surface area contributed by atoms with Crippen molar-refractivity contribution in [2.45, 2.75) is 64.2 Å². The van der Waals surface area contributed by atoms with Crippen LogP contribution in [0, 0.1) is 0 Å². The Kier molecular flexibility index (Phi) is 6.28. The second-order valence-corrected chi connectivity index (χ2v) is 7.53. The van der Waals surface area contributed by atoms with Crippen LogP contribution in [0.25, 0.3) is 0 Å². The van der Waals surface area contributed by atoms with E-state index in [9.17, 15) is 9.59 Å². The van der Waals surface area contributed by atoms with Gasteiger partial charge in [-0.15, -0.1) is 0 Å². The molecular weight excluding hydrogens is 320 g/mol. The molecule has 1 aromatic rings. The summed E-state index contributed by atoms with van der Waals surface area (Å²) in [5.41, 5.74) is -0.0832. The van der Waals surface area contributed by atoms with Crippen LogP contribution >= 0.6 is 0 Å². The zero-order chi connectivity index (χ0) is 18.3. The van der Waals surface area contributed by atoms with Crippen molar-refractivity contribution in [2.24, 2.45) is 0 Å². The molecule has 0 aliphatic heterocycles. The van der Waals surface area contributed by atoms with Gasteiger partial charge in [0.2, 0.25) is 0 Å². The van der Waals surface area contributed by atoms with Gasteiger partial charge in [-0.05, 0) is 39.2 Å². The summed E-state index contributed by atoms with van der Waals surface area (Å²) in [5, 5.41) is 5.72. The second kappa shape index (κ2) is 8.23. The maximum absolute atomic E-state index is 12.1. The molecule has 138 valence electrons. The van der Waals surface area contributed by atoms with Gasteiger partial charge in [-0.2, -0.15) is 0 Å². The van der Waals surface area contributed by atoms with E-state index in [4.69, 9.17) is 9.47 Å². The number of alkyl carbamates (subject to hydrolysis) is 2. The predicted molar refractivity (Wildman–Crippen MR) is 95.2 cm³/mol. The highest BCUT2D eigenvalue weighted by Crippen LogP contribution is 2.29. The molecule has 6 heteroatoms. The van der Waals surface area contributed by atoms with Gasteiger partial charge in [-0.1, -0.05) is 43.2 Å². The lowest BCUT2D eigenvalue weighted by molar-refractivity contribution is 0.0452. The first-order valence-electron chi connectivity index (χ1n) is 8.74. The van der Waals surface area contributed by atoms with Crippen molar-refractivity contribution >= 4 is 12.2 Å². The lowest BCUT2D eigenvalue weighted by atomic mass is 9.98. The van der Waals surface area contributed by atoms with Gasteiger partial charge in [0.25, 0.3) is 0 Å². The van der Waals surface area contributed by atoms with Crippen molar-refractivity contribution < 1.29 is 19.1 Å². The van der Waals surface area contributed by atoms with Crippen molar-refractivity contribution in [3.63, 3.8) is 0 Å². The Bertz CT molecular complexity index is 575. The monoisotopic (exact) mass is 348 g/mol. The van der Waals surface area contributed by atoms with Crippen LogP contribution in [-0.4, -0.2) is 29.9 Å². The highest BCUT2D eigenvalue weighted by Gasteiger charge is 2.37. The van der Waals surface area contributed by atoms with E-state index < -0.39 is 23.3 Å². The van der Waals surface area contributed by atoms with E-state index in [-0.39, 0.29) is 6.61 Å². The zero-order valence-electron chi connectivity index (χ0n) is 15.3. The topological polar surface area (TPSA) is 76.7 Å². The highest BCUT2D eigenvalue weighted by atomic mass is 16.6. The third-order valence-electron chi connectivity index (χ3n) is 4.11. The van der Waals surface area contributed by atoms with Gasteiger partial charge >= 0.3 is 12.2 Å². The molecule has 0 heterocycles. The molecule has 0 saturated heterocycles. The molecule has 1 saturated carbocycles. The van der Waals surface area contributed by atoms with Crippen molar-refractivity contribution in [2.75, 3.05) is 6.54 Å². The molecule has 6 nitrogen and oxygen atoms in total. The number of hydrogen-bond donors (Lipinski definition) is 2. The summed E-state index contributed by atoms with van der Waals surface area (Å²) < 4.78 is 10.6. The van der Waals surface area contributed by atoms with Crippen LogP contribution in [0.15, 0.2) is 30.3 Å². The number of carbonyl (C=O) groups is 2. The molecule has 25 heavy (non-hydrogen) atoms. The average Bonchev–Trinajstić information content (AvgIpc) is 2.99. The summed E-state index contributed by atoms with van der Waals surface area (Å²) >= 11 is 0. The van der Waals surface area contributed by atoms with E-state index in [2.05, 4.69) is 10.6 Å². The summed E-state index contributed by atoms with van der Waals surface area (Å²) in [6.07, 6.45) is 2.71. The fraction of sp³-hybridized carbons (Fsp3) is 0.579. The van der Waals surface area contributed by atoms with Gasteiger partial charge < -0.3 is 20.1 Å². The van der Waals surface area contributed by atoms with E-state index in [0.29, 0.717) is 6.54 Å². The minimum Gasteiger partial charge on any atom is -0.445 e. The van der Waals surface area contributed by atoms with E-state index in [1.807, 2.05) is 51.1 Å². The Labute approximate surface area is 149 Å². The molecule has 1 aliphatic carbocycles. The Balaban J connectivity index is 1.82. The first-order valence-corrected chi connectivity index (χ1v) is 8.74. The Hall–Kier alpha value is -2.24. The molecule has 0 bridgehead atoms. The maximum Gasteiger partial charge on any atom is 0.408 e. The summed E-state index contributed by atoms with van der Waals surface area (Å²) in [6, 6.07) is 9.51. The average molecular weight is 348 g/mol. The van der Waals surface area contributed by atoms with Gasteiger partial charge in [0.05, 0.1) is 5.54 Å². The third kappa shape index (κ3) is 6.64. The van der Waals surface area contributed by atoms with Crippen molar-refractivity contribution in [3.05, 3.63) is 35.9 Å². The normalized spacial score (nSPS) is 16.1. The Morgan fingerprint density at radius 2 is 1.72 bits per heavy atom. The van der Waals surface area contributed by atoms with E-state index in [1.54, 1.807) is 0 Å². The first kappa shape index (κ1) is 19.1. The number of rotatable bonds is 5. The van der Waals surface area contributed by atoms with Crippen LogP contribution in [0.1, 0.15) is 52.0 Å². The van der Waals surface area contributed by atoms with Crippen LogP contribution in [-0.2, 0) is 16.1 Å². The summed E-state index contributed by atoms with van der Waals surface area (Å²) in [7, 11) is 0. The third-order valence-corrected chi connectivity index (χ3v) is 4.11. The number of benzene rings is 1. The molecule has 0 unspecified atom stereocenters. The fourth-order valence-corrected chi connectivity index (χ4v) is 2.93. The maximum atomic E-state index is 12.1. The fourth-order valence-electron chi connectivity index (χ4n) is 2.93. The predicted octanol–water partition coefficient (Wildman–Crippen LogP) is 3.75. The van der Waals surface area contributed by atoms with Gasteiger partial charge in [0, 0.05) is 6.54 Å². The number of amides is 2. The molecule has 0 spiro atoms. The summed E-state index contributed by atoms with van der Waals surface area (Å²) in [5.74, 6) is 0. The van der Waals surface area contributed by atoms with E-state index >= 15 is 0 Å². The number of carbonyl (C=O) groups excluding carboxylic acids is 2. The number of hydrogen-bond acceptors (Lipinski definition) is 4. The zero-order valence-corrected chi connectivity index (χ0v) is 15.3. The SMILES string of the molecule is CC(C)(C)OC(=O)NC1(CNC(=O)OCc2ccccc2)CCCC1. The van der Waals surface area contributed by atoms with Gasteiger partial charge in [0.15, 0.2) is 0 Å². The van der Waals surface area contributed by atoms with Crippen LogP contribution in [0.5, 0.6) is 0 Å². The Morgan fingerprint density at radius 3 is 2.32 bits per heavy atom. The molecule has 1 fully saturated rings. The molecule has 1 aromatic carbocycles. The Morgan fingerprint density at radius 1 is 1.08 bits per heavy atom. The van der Waals surface area contributed by atoms with Crippen LogP contribution in [0.3, 0.4) is 0 Å². The van der Waals surface area contributed by atoms with Crippen molar-refractivity contribution in [3.8, 4) is 0 Å². The van der Waals surface area contributed by atoms with Gasteiger partial charge in [-0.3, -0.25) is 0 Å². The summed E-state index contributed by atoms with van der Waals surface area (Å²) in [6.45, 7) is 6.03. The molecule has 0 atom stereocenters. The van der Waals surface area contributed by atoms with Crippen molar-refractivity contribution in [1.82, 2.24) is 10.6 Å². The van der Waals surface area contributed by atoms with Gasteiger partial charge in [0.1, 0.15) is 12.2 Å². The van der Waals surface area contributed by atoms with Crippen molar-refractivity contribution in [1.29, 1.82) is 0 Å². The molecular formula is C19H28N2O4. The number of ether oxygens (including phenoxy) is 2. The first-order chi connectivity index (χ1) is 11.8. The molecule has 2 amide bonds. The highest BCUT2D eigenvalue weighted by molar-refractivity contribution is 5.70. The molecule has 0 aromatic heterocycles. The molecule has 1 aliphatic rings. The largest absolute Gasteiger partial charge is 0.445 e. The standard InChI is InChI=1S/C19H28N2O4/c1-18(2,3)25-17(23)21-19(11-7-8-12-19)14-20-16(22)24-13-15-9-5-4-6-10-15/h4-6,9-10H,7-8,11-14H2,1-3H3,(H,20,22)(H,21,23). The molecule has 0 radical (unpaired) electrons. The van der Waals surface area contributed by atoms with E-state index in [0.717, 1.165) is 31.2 Å². The smallest absolute Gasteiger partial charge is 0.408 e. The van der Waals surface area contributed by atoms with Crippen LogP contribution < -0.4 is 10.6 Å². The van der Waals surface area contributed by atoms with Crippen LogP contribution in [0.4, 0.5) is 9.59 Å². The summed E-state index contributed by atoms with van der Waals surface area (Å²) in [4.78, 5) is 24.1. The second-order valence-electron chi connectivity index (χ2n) is 7.53. The molecule has 2 N–H and O–H groups in total. The lowest BCUT2D eigenvalue weighted by Gasteiger charge is -2.31. The minimum atomic E-state index is -0.550. The van der Waals surface area contributed by atoms with Gasteiger partial charge in [-0.25, -0.2) is 9.59 Å². The van der Waals surface area contributed by atoms with E-state index in [1.165, 1.54) is 0 Å². The number of nitrogens with one attached hydrogen (secondary N) is 2. The quantitative estimate of drug-likeness (QED) is 0.849. The van der Waals surface area contributed by atoms with Crippen LogP contribution in [0.2, 0.25) is 0 Å².